The van der Waals surface area contributed by atoms with E-state index in [9.17, 15) is 22.9 Å². The molecule has 4 rings (SSSR count). The zero-order valence-corrected chi connectivity index (χ0v) is 22.4. The number of phenols is 1. The van der Waals surface area contributed by atoms with Crippen LogP contribution in [0.15, 0.2) is 81.9 Å². The molecular formula is C28H28N4O6S. The van der Waals surface area contributed by atoms with Gasteiger partial charge < -0.3 is 20.5 Å². The Labute approximate surface area is 226 Å². The number of Topliss-reactive ketones (excluding diaryl/α,β-unsaturated/α-hetero) is 1. The highest BCUT2D eigenvalue weighted by molar-refractivity contribution is 7.86. The number of rotatable bonds is 10. The molecule has 4 aromatic rings. The average molecular weight is 549 g/mol. The van der Waals surface area contributed by atoms with E-state index in [1.807, 2.05) is 18.2 Å². The van der Waals surface area contributed by atoms with E-state index in [-0.39, 0.29) is 11.5 Å². The van der Waals surface area contributed by atoms with Crippen molar-refractivity contribution in [2.45, 2.75) is 25.2 Å². The van der Waals surface area contributed by atoms with Crippen LogP contribution in [-0.4, -0.2) is 37.5 Å². The van der Waals surface area contributed by atoms with E-state index in [0.717, 1.165) is 16.9 Å². The van der Waals surface area contributed by atoms with Gasteiger partial charge in [0.1, 0.15) is 22.1 Å². The number of azo groups is 1. The topological polar surface area (TPSA) is 150 Å². The fraction of sp³-hybridized carbons (Fsp3) is 0.179. The van der Waals surface area contributed by atoms with Gasteiger partial charge in [-0.3, -0.25) is 9.35 Å². The molecule has 11 heteroatoms. The molecule has 202 valence electrons. The molecule has 0 aromatic heterocycles. The fourth-order valence-electron chi connectivity index (χ4n) is 3.92. The number of ketones is 1. The lowest BCUT2D eigenvalue weighted by molar-refractivity contribution is -0.116. The molecule has 0 atom stereocenters. The SMILES string of the molecule is COc1ccc(Nc2ccc3cc(S(=O)(=O)O)c(N=Nc4ccc(NCCC(C)=O)cc4C)c(O)c3c2)cc1. The maximum Gasteiger partial charge on any atom is 0.296 e. The zero-order valence-electron chi connectivity index (χ0n) is 21.6. The van der Waals surface area contributed by atoms with Crippen LogP contribution in [0.2, 0.25) is 0 Å². The summed E-state index contributed by atoms with van der Waals surface area (Å²) in [5.41, 5.74) is 2.98. The Bertz CT molecular complexity index is 1670. The molecular weight excluding hydrogens is 520 g/mol. The van der Waals surface area contributed by atoms with Gasteiger partial charge in [-0.25, -0.2) is 0 Å². The summed E-state index contributed by atoms with van der Waals surface area (Å²) in [5.74, 6) is 0.346. The van der Waals surface area contributed by atoms with Crippen LogP contribution in [0.5, 0.6) is 11.5 Å². The maximum atomic E-state index is 12.2. The van der Waals surface area contributed by atoms with Crippen LogP contribution in [0.1, 0.15) is 18.9 Å². The molecule has 0 bridgehead atoms. The lowest BCUT2D eigenvalue weighted by Gasteiger charge is -2.12. The summed E-state index contributed by atoms with van der Waals surface area (Å²) in [6.07, 6.45) is 0.400. The monoisotopic (exact) mass is 548 g/mol. The number of hydrogen-bond donors (Lipinski definition) is 4. The summed E-state index contributed by atoms with van der Waals surface area (Å²) in [7, 11) is -3.15. The molecule has 0 aliphatic heterocycles. The quantitative estimate of drug-likeness (QED) is 0.127. The molecule has 0 saturated heterocycles. The first-order valence-electron chi connectivity index (χ1n) is 12.0. The number of anilines is 3. The number of fused-ring (bicyclic) bond motifs is 1. The summed E-state index contributed by atoms with van der Waals surface area (Å²) in [6, 6.07) is 18.7. The summed E-state index contributed by atoms with van der Waals surface area (Å²) in [6.45, 7) is 3.82. The molecule has 0 amide bonds. The molecule has 0 saturated carbocycles. The van der Waals surface area contributed by atoms with E-state index in [2.05, 4.69) is 20.9 Å². The van der Waals surface area contributed by atoms with Crippen molar-refractivity contribution < 1.29 is 27.6 Å². The van der Waals surface area contributed by atoms with Crippen molar-refractivity contribution in [1.29, 1.82) is 0 Å². The highest BCUT2D eigenvalue weighted by Gasteiger charge is 2.22. The minimum absolute atomic E-state index is 0.0816. The van der Waals surface area contributed by atoms with Gasteiger partial charge in [-0.2, -0.15) is 13.5 Å². The van der Waals surface area contributed by atoms with Crippen LogP contribution in [0.25, 0.3) is 10.8 Å². The van der Waals surface area contributed by atoms with Gasteiger partial charge in [0.25, 0.3) is 10.1 Å². The van der Waals surface area contributed by atoms with Gasteiger partial charge in [0, 0.05) is 35.4 Å². The fourth-order valence-corrected chi connectivity index (χ4v) is 4.58. The normalized spacial score (nSPS) is 11.6. The van der Waals surface area contributed by atoms with Crippen molar-refractivity contribution in [2.24, 2.45) is 10.2 Å². The number of aromatic hydroxyl groups is 1. The Morgan fingerprint density at radius 3 is 2.28 bits per heavy atom. The lowest BCUT2D eigenvalue weighted by Crippen LogP contribution is -2.05. The molecule has 0 unspecified atom stereocenters. The molecule has 0 spiro atoms. The van der Waals surface area contributed by atoms with Crippen molar-refractivity contribution in [3.8, 4) is 11.5 Å². The van der Waals surface area contributed by atoms with E-state index in [4.69, 9.17) is 4.74 Å². The van der Waals surface area contributed by atoms with Gasteiger partial charge in [-0.1, -0.05) is 6.07 Å². The highest BCUT2D eigenvalue weighted by Crippen LogP contribution is 2.42. The molecule has 4 N–H and O–H groups in total. The van der Waals surface area contributed by atoms with Gasteiger partial charge in [0.15, 0.2) is 5.75 Å². The molecule has 0 heterocycles. The van der Waals surface area contributed by atoms with E-state index in [0.29, 0.717) is 40.9 Å². The molecule has 0 fully saturated rings. The van der Waals surface area contributed by atoms with E-state index in [1.165, 1.54) is 13.0 Å². The third-order valence-electron chi connectivity index (χ3n) is 5.97. The van der Waals surface area contributed by atoms with Gasteiger partial charge in [-0.15, -0.1) is 5.11 Å². The molecule has 0 radical (unpaired) electrons. The van der Waals surface area contributed by atoms with Gasteiger partial charge in [0.2, 0.25) is 0 Å². The number of carbonyl (C=O) groups is 1. The Morgan fingerprint density at radius 2 is 1.64 bits per heavy atom. The smallest absolute Gasteiger partial charge is 0.296 e. The average Bonchev–Trinajstić information content (AvgIpc) is 2.89. The van der Waals surface area contributed by atoms with Gasteiger partial charge in [-0.05, 0) is 85.5 Å². The molecule has 0 aliphatic rings. The number of ether oxygens (including phenoxy) is 1. The summed E-state index contributed by atoms with van der Waals surface area (Å²) in [5, 5.41) is 26.3. The molecule has 39 heavy (non-hydrogen) atoms. The first-order valence-corrected chi connectivity index (χ1v) is 13.4. The number of carbonyl (C=O) groups excluding carboxylic acids is 1. The van der Waals surface area contributed by atoms with E-state index >= 15 is 0 Å². The van der Waals surface area contributed by atoms with Crippen LogP contribution >= 0.6 is 0 Å². The van der Waals surface area contributed by atoms with Crippen molar-refractivity contribution in [2.75, 3.05) is 24.3 Å². The third-order valence-corrected chi connectivity index (χ3v) is 6.84. The zero-order chi connectivity index (χ0) is 28.2. The predicted octanol–water partition coefficient (Wildman–Crippen LogP) is 6.66. The number of aryl methyl sites for hydroxylation is 1. The summed E-state index contributed by atoms with van der Waals surface area (Å²) < 4.78 is 39.4. The third kappa shape index (κ3) is 6.70. The summed E-state index contributed by atoms with van der Waals surface area (Å²) >= 11 is 0. The van der Waals surface area contributed by atoms with Crippen LogP contribution < -0.4 is 15.4 Å². The van der Waals surface area contributed by atoms with Gasteiger partial charge in [0.05, 0.1) is 12.8 Å². The number of nitrogens with one attached hydrogen (secondary N) is 2. The number of nitrogens with zero attached hydrogens (tertiary/aromatic N) is 2. The van der Waals surface area contributed by atoms with Crippen LogP contribution in [0.3, 0.4) is 0 Å². The largest absolute Gasteiger partial charge is 0.505 e. The van der Waals surface area contributed by atoms with Gasteiger partial charge >= 0.3 is 0 Å². The Kier molecular flexibility index (Phi) is 8.12. The van der Waals surface area contributed by atoms with E-state index < -0.39 is 20.8 Å². The molecule has 0 aliphatic carbocycles. The number of benzene rings is 4. The highest BCUT2D eigenvalue weighted by atomic mass is 32.2. The second kappa shape index (κ2) is 11.5. The van der Waals surface area contributed by atoms with Crippen LogP contribution in [0.4, 0.5) is 28.4 Å². The van der Waals surface area contributed by atoms with Crippen molar-refractivity contribution in [3.63, 3.8) is 0 Å². The predicted molar refractivity (Wildman–Crippen MR) is 151 cm³/mol. The standard InChI is InChI=1S/C28H28N4O6S/c1-17-14-21(29-13-12-18(2)33)8-11-25(17)31-32-27-26(39(35,36)37)15-19-4-5-22(16-24(19)28(27)34)30-20-6-9-23(38-3)10-7-20/h4-11,14-16,29-30,34H,12-13H2,1-3H3,(H,35,36,37). The number of hydrogen-bond acceptors (Lipinski definition) is 9. The second-order valence-corrected chi connectivity index (χ2v) is 10.3. The van der Waals surface area contributed by atoms with E-state index in [1.54, 1.807) is 56.5 Å². The Morgan fingerprint density at radius 1 is 0.949 bits per heavy atom. The Balaban J connectivity index is 1.69. The second-order valence-electron chi connectivity index (χ2n) is 8.92. The molecule has 10 nitrogen and oxygen atoms in total. The maximum absolute atomic E-state index is 12.2. The van der Waals surface area contributed by atoms with Crippen LogP contribution in [0, 0.1) is 6.92 Å². The van der Waals surface area contributed by atoms with Crippen molar-refractivity contribution in [3.05, 3.63) is 72.3 Å². The van der Waals surface area contributed by atoms with Crippen molar-refractivity contribution >= 4 is 55.1 Å². The van der Waals surface area contributed by atoms with Crippen molar-refractivity contribution in [1.82, 2.24) is 0 Å². The minimum Gasteiger partial charge on any atom is -0.505 e. The minimum atomic E-state index is -4.73. The lowest BCUT2D eigenvalue weighted by atomic mass is 10.1. The molecule has 4 aromatic carbocycles. The number of methoxy groups -OCH3 is 1. The number of phenolic OH excluding ortho intramolecular Hbond substituents is 1. The first-order chi connectivity index (χ1) is 18.5. The first kappa shape index (κ1) is 27.6. The Hall–Kier alpha value is -4.48. The summed E-state index contributed by atoms with van der Waals surface area (Å²) in [4.78, 5) is 10.6. The van der Waals surface area contributed by atoms with Crippen LogP contribution in [-0.2, 0) is 14.9 Å².